The summed E-state index contributed by atoms with van der Waals surface area (Å²) in [5, 5.41) is 15.0. The van der Waals surface area contributed by atoms with Crippen LogP contribution in [-0.2, 0) is 11.2 Å². The van der Waals surface area contributed by atoms with E-state index in [0.717, 1.165) is 31.3 Å². The van der Waals surface area contributed by atoms with E-state index in [4.69, 9.17) is 4.74 Å². The Morgan fingerprint density at radius 1 is 1.11 bits per heavy atom. The number of likely N-dealkylation sites (tertiary alicyclic amines) is 1. The van der Waals surface area contributed by atoms with E-state index < -0.39 is 30.4 Å². The number of fused-ring (bicyclic) bond motifs is 1. The Morgan fingerprint density at radius 2 is 1.82 bits per heavy atom. The fourth-order valence-electron chi connectivity index (χ4n) is 4.73. The maximum atomic E-state index is 15.0. The molecule has 204 valence electrons. The Morgan fingerprint density at radius 3 is 2.55 bits per heavy atom. The molecule has 0 bridgehead atoms. The Balaban J connectivity index is 1.45. The summed E-state index contributed by atoms with van der Waals surface area (Å²) in [4.78, 5) is 19.0. The summed E-state index contributed by atoms with van der Waals surface area (Å²) in [7, 11) is 0. The molecule has 0 spiro atoms. The van der Waals surface area contributed by atoms with Crippen LogP contribution in [0.1, 0.15) is 50.3 Å². The number of aryl methyl sites for hydroxylation is 1. The van der Waals surface area contributed by atoms with Crippen LogP contribution in [0.5, 0.6) is 5.88 Å². The summed E-state index contributed by atoms with van der Waals surface area (Å²) in [6.07, 6.45) is 1.36. The van der Waals surface area contributed by atoms with Gasteiger partial charge in [-0.25, -0.2) is 9.37 Å². The van der Waals surface area contributed by atoms with Crippen LogP contribution < -0.4 is 10.1 Å². The van der Waals surface area contributed by atoms with Crippen molar-refractivity contribution in [3.8, 4) is 5.88 Å². The van der Waals surface area contributed by atoms with E-state index >= 15 is 8.78 Å². The van der Waals surface area contributed by atoms with Gasteiger partial charge in [-0.15, -0.1) is 0 Å². The third kappa shape index (κ3) is 7.23. The number of nitrogens with one attached hydrogen (secondary N) is 1. The van der Waals surface area contributed by atoms with Gasteiger partial charge in [0.05, 0.1) is 12.1 Å². The predicted octanol–water partition coefficient (Wildman–Crippen LogP) is 5.04. The second-order valence-electron chi connectivity index (χ2n) is 10.2. The van der Waals surface area contributed by atoms with E-state index in [2.05, 4.69) is 15.2 Å². The highest BCUT2D eigenvalue weighted by Crippen LogP contribution is 2.27. The van der Waals surface area contributed by atoms with Gasteiger partial charge in [0.1, 0.15) is 11.9 Å². The summed E-state index contributed by atoms with van der Waals surface area (Å²) >= 11 is 0. The lowest BCUT2D eigenvalue weighted by atomic mass is 10.00. The van der Waals surface area contributed by atoms with Gasteiger partial charge in [0.15, 0.2) is 0 Å². The van der Waals surface area contributed by atoms with Crippen molar-refractivity contribution in [1.29, 1.82) is 0 Å². The van der Waals surface area contributed by atoms with Crippen LogP contribution in [0.25, 0.3) is 10.8 Å². The summed E-state index contributed by atoms with van der Waals surface area (Å²) in [5.41, 5.74) is 1.05. The van der Waals surface area contributed by atoms with E-state index in [1.165, 1.54) is 18.3 Å². The SMILES string of the molecule is CC(C)Oc1cc(C(O)C(CN2CCCC2)NC(=O)C(F)(F)CCc2ccc3cc(F)ccc3c2)ccn1. The molecule has 2 unspecified atom stereocenters. The van der Waals surface area contributed by atoms with Gasteiger partial charge in [0, 0.05) is 25.2 Å². The van der Waals surface area contributed by atoms with E-state index in [1.54, 1.807) is 36.4 Å². The number of alkyl halides is 2. The largest absolute Gasteiger partial charge is 0.475 e. The molecule has 1 fully saturated rings. The molecule has 38 heavy (non-hydrogen) atoms. The minimum Gasteiger partial charge on any atom is -0.475 e. The molecule has 4 rings (SSSR count). The highest BCUT2D eigenvalue weighted by Gasteiger charge is 2.40. The van der Waals surface area contributed by atoms with Crippen molar-refractivity contribution >= 4 is 16.7 Å². The zero-order valence-electron chi connectivity index (χ0n) is 21.7. The van der Waals surface area contributed by atoms with Crippen LogP contribution in [-0.4, -0.2) is 58.6 Å². The fraction of sp³-hybridized carbons (Fsp3) is 0.448. The van der Waals surface area contributed by atoms with Crippen molar-refractivity contribution < 1.29 is 27.8 Å². The van der Waals surface area contributed by atoms with Crippen LogP contribution in [0.15, 0.2) is 54.7 Å². The molecule has 0 radical (unpaired) electrons. The molecule has 0 saturated carbocycles. The zero-order valence-corrected chi connectivity index (χ0v) is 21.7. The number of ether oxygens (including phenoxy) is 1. The van der Waals surface area contributed by atoms with Crippen LogP contribution in [0.4, 0.5) is 13.2 Å². The van der Waals surface area contributed by atoms with Crippen molar-refractivity contribution in [1.82, 2.24) is 15.2 Å². The number of aliphatic hydroxyl groups is 1. The van der Waals surface area contributed by atoms with Gasteiger partial charge in [0.2, 0.25) is 5.88 Å². The van der Waals surface area contributed by atoms with Gasteiger partial charge in [-0.2, -0.15) is 8.78 Å². The molecule has 2 aromatic carbocycles. The first kappa shape index (κ1) is 27.9. The number of carbonyl (C=O) groups excluding carboxylic acids is 1. The van der Waals surface area contributed by atoms with Crippen molar-refractivity contribution in [3.05, 3.63) is 71.7 Å². The molecule has 0 aliphatic carbocycles. The van der Waals surface area contributed by atoms with Crippen molar-refractivity contribution in [2.75, 3.05) is 19.6 Å². The number of pyridine rings is 1. The average molecular weight is 530 g/mol. The van der Waals surface area contributed by atoms with Crippen molar-refractivity contribution in [3.63, 3.8) is 0 Å². The zero-order chi connectivity index (χ0) is 27.3. The second-order valence-corrected chi connectivity index (χ2v) is 10.2. The first-order valence-corrected chi connectivity index (χ1v) is 13.0. The lowest BCUT2D eigenvalue weighted by molar-refractivity contribution is -0.148. The van der Waals surface area contributed by atoms with E-state index in [9.17, 15) is 14.3 Å². The summed E-state index contributed by atoms with van der Waals surface area (Å²) in [6, 6.07) is 11.6. The van der Waals surface area contributed by atoms with Crippen molar-refractivity contribution in [2.24, 2.45) is 0 Å². The number of hydrogen-bond donors (Lipinski definition) is 2. The van der Waals surface area contributed by atoms with Gasteiger partial charge in [-0.05, 0) is 86.3 Å². The molecule has 2 atom stereocenters. The Labute approximate surface area is 220 Å². The molecular weight excluding hydrogens is 495 g/mol. The van der Waals surface area contributed by atoms with Crippen LogP contribution in [0.2, 0.25) is 0 Å². The molecule has 1 aliphatic rings. The molecule has 2 heterocycles. The number of aromatic nitrogens is 1. The van der Waals surface area contributed by atoms with E-state index in [-0.39, 0.29) is 24.9 Å². The number of nitrogens with zero attached hydrogens (tertiary/aromatic N) is 2. The van der Waals surface area contributed by atoms with Crippen LogP contribution >= 0.6 is 0 Å². The average Bonchev–Trinajstić information content (AvgIpc) is 3.39. The Bertz CT molecular complexity index is 1250. The summed E-state index contributed by atoms with van der Waals surface area (Å²) < 4.78 is 49.1. The Hall–Kier alpha value is -3.17. The first-order chi connectivity index (χ1) is 18.1. The molecule has 3 aromatic rings. The number of hydrogen-bond acceptors (Lipinski definition) is 5. The van der Waals surface area contributed by atoms with Gasteiger partial charge in [-0.3, -0.25) is 4.79 Å². The minimum absolute atomic E-state index is 0.0344. The topological polar surface area (TPSA) is 74.7 Å². The Kier molecular flexibility index (Phi) is 8.89. The van der Waals surface area contributed by atoms with Gasteiger partial charge in [0.25, 0.3) is 5.91 Å². The van der Waals surface area contributed by atoms with Crippen LogP contribution in [0, 0.1) is 5.82 Å². The highest BCUT2D eigenvalue weighted by atomic mass is 19.3. The number of carbonyl (C=O) groups is 1. The standard InChI is InChI=1S/C29H34F3N3O3/c1-19(2)38-26-17-23(10-12-33-26)27(36)25(18-35-13-3-4-14-35)34-28(37)29(31,32)11-9-20-5-6-22-16-24(30)8-7-21(22)15-20/h5-8,10,12,15-17,19,25,27,36H,3-4,9,11,13-14,18H2,1-2H3,(H,34,37). The van der Waals surface area contributed by atoms with Crippen LogP contribution in [0.3, 0.4) is 0 Å². The van der Waals surface area contributed by atoms with Gasteiger partial charge in [-0.1, -0.05) is 24.3 Å². The lowest BCUT2D eigenvalue weighted by Gasteiger charge is -2.30. The highest BCUT2D eigenvalue weighted by molar-refractivity contribution is 5.84. The number of halogens is 3. The normalized spacial score (nSPS) is 16.1. The first-order valence-electron chi connectivity index (χ1n) is 13.0. The smallest absolute Gasteiger partial charge is 0.324 e. The maximum absolute atomic E-state index is 15.0. The molecule has 1 aliphatic heterocycles. The van der Waals surface area contributed by atoms with Gasteiger partial charge < -0.3 is 20.1 Å². The minimum atomic E-state index is -3.65. The lowest BCUT2D eigenvalue weighted by Crippen LogP contribution is -2.51. The molecule has 9 heteroatoms. The number of benzene rings is 2. The number of amides is 1. The van der Waals surface area contributed by atoms with Crippen molar-refractivity contribution in [2.45, 2.75) is 63.7 Å². The predicted molar refractivity (Wildman–Crippen MR) is 140 cm³/mol. The monoisotopic (exact) mass is 529 g/mol. The third-order valence-electron chi connectivity index (χ3n) is 6.73. The number of aliphatic hydroxyl groups excluding tert-OH is 1. The molecule has 1 saturated heterocycles. The molecule has 6 nitrogen and oxygen atoms in total. The quantitative estimate of drug-likeness (QED) is 0.364. The summed E-state index contributed by atoms with van der Waals surface area (Å²) in [5.74, 6) is -5.12. The van der Waals surface area contributed by atoms with Gasteiger partial charge >= 0.3 is 5.92 Å². The molecule has 2 N–H and O–H groups in total. The van der Waals surface area contributed by atoms with E-state index in [1.807, 2.05) is 13.8 Å². The maximum Gasteiger partial charge on any atom is 0.324 e. The second kappa shape index (κ2) is 12.1. The summed E-state index contributed by atoms with van der Waals surface area (Å²) in [6.45, 7) is 5.49. The fourth-order valence-corrected chi connectivity index (χ4v) is 4.73. The number of rotatable bonds is 11. The third-order valence-corrected chi connectivity index (χ3v) is 6.73. The molecular formula is C29H34F3N3O3. The molecule has 1 amide bonds. The van der Waals surface area contributed by atoms with E-state index in [0.29, 0.717) is 22.4 Å². The molecule has 1 aromatic heterocycles.